The zero-order valence-corrected chi connectivity index (χ0v) is 19.7. The smallest absolute Gasteiger partial charge is 0.244 e. The number of anilines is 3. The van der Waals surface area contributed by atoms with Gasteiger partial charge in [-0.2, -0.15) is 10.1 Å². The first-order valence-electron chi connectivity index (χ1n) is 12.0. The van der Waals surface area contributed by atoms with Crippen molar-refractivity contribution in [2.24, 2.45) is 5.41 Å². The Labute approximate surface area is 190 Å². The number of carbonyl (C=O) groups excluding carboxylic acids is 1. The van der Waals surface area contributed by atoms with Crippen LogP contribution >= 0.6 is 0 Å². The molecule has 2 N–H and O–H groups in total. The van der Waals surface area contributed by atoms with E-state index < -0.39 is 0 Å². The number of aryl methyl sites for hydroxylation is 1. The molecule has 1 aliphatic heterocycles. The summed E-state index contributed by atoms with van der Waals surface area (Å²) in [6.07, 6.45) is 8.51. The molecule has 2 atom stereocenters. The van der Waals surface area contributed by atoms with Crippen LogP contribution in [0.4, 0.5) is 17.6 Å². The normalized spacial score (nSPS) is 24.1. The van der Waals surface area contributed by atoms with Crippen LogP contribution in [0.15, 0.2) is 6.07 Å². The lowest BCUT2D eigenvalue weighted by atomic mass is 9.90. The molecule has 1 saturated heterocycles. The number of nitrogens with one attached hydrogen (secondary N) is 2. The molecule has 0 spiro atoms. The van der Waals surface area contributed by atoms with E-state index in [4.69, 9.17) is 9.97 Å². The van der Waals surface area contributed by atoms with Crippen LogP contribution in [0.2, 0.25) is 0 Å². The van der Waals surface area contributed by atoms with Crippen LogP contribution in [0.25, 0.3) is 0 Å². The monoisotopic (exact) mass is 437 g/mol. The van der Waals surface area contributed by atoms with E-state index in [2.05, 4.69) is 40.3 Å². The van der Waals surface area contributed by atoms with Gasteiger partial charge in [-0.15, -0.1) is 0 Å². The second-order valence-electron chi connectivity index (χ2n) is 10.7. The van der Waals surface area contributed by atoms with Crippen LogP contribution in [0.3, 0.4) is 0 Å². The van der Waals surface area contributed by atoms with Gasteiger partial charge >= 0.3 is 0 Å². The molecule has 3 aliphatic rings. The third-order valence-electron chi connectivity index (χ3n) is 7.41. The number of aromatic nitrogens is 4. The van der Waals surface area contributed by atoms with Crippen LogP contribution in [-0.2, 0) is 17.6 Å². The van der Waals surface area contributed by atoms with Crippen molar-refractivity contribution in [1.82, 2.24) is 25.1 Å². The second-order valence-corrected chi connectivity index (χ2v) is 10.7. The Morgan fingerprint density at radius 1 is 1.22 bits per heavy atom. The highest BCUT2D eigenvalue weighted by atomic mass is 16.2. The second kappa shape index (κ2) is 8.05. The number of aromatic amines is 1. The summed E-state index contributed by atoms with van der Waals surface area (Å²) in [6, 6.07) is 1.96. The fraction of sp³-hybridized carbons (Fsp3) is 0.667. The zero-order valence-electron chi connectivity index (χ0n) is 19.7. The molecule has 3 heterocycles. The Morgan fingerprint density at radius 2 is 2.06 bits per heavy atom. The summed E-state index contributed by atoms with van der Waals surface area (Å²) in [5.41, 5.74) is 3.91. The standard InChI is InChI=1S/C24H35N7O/c1-24(2)11-10-15(14-24)18-13-20(29-28-18)26-21-16-7-5-8-17(16)25-23(27-21)31-12-6-9-19(31)22(32)30(3)4/h13,15,19H,5-12,14H2,1-4H3,(H2,25,26,27,28,29). The quantitative estimate of drug-likeness (QED) is 0.740. The van der Waals surface area contributed by atoms with E-state index in [0.717, 1.165) is 56.0 Å². The number of hydrogen-bond acceptors (Lipinski definition) is 6. The highest BCUT2D eigenvalue weighted by Crippen LogP contribution is 2.45. The van der Waals surface area contributed by atoms with E-state index in [9.17, 15) is 4.79 Å². The predicted molar refractivity (Wildman–Crippen MR) is 125 cm³/mol. The Balaban J connectivity index is 1.40. The van der Waals surface area contributed by atoms with Crippen molar-refractivity contribution in [3.8, 4) is 0 Å². The average molecular weight is 438 g/mol. The van der Waals surface area contributed by atoms with Crippen molar-refractivity contribution in [1.29, 1.82) is 0 Å². The molecular weight excluding hydrogens is 402 g/mol. The molecule has 0 radical (unpaired) electrons. The number of amides is 1. The summed E-state index contributed by atoms with van der Waals surface area (Å²) in [7, 11) is 3.63. The lowest BCUT2D eigenvalue weighted by Gasteiger charge is -2.27. The summed E-state index contributed by atoms with van der Waals surface area (Å²) in [5, 5.41) is 11.3. The number of nitrogens with zero attached hydrogens (tertiary/aromatic N) is 5. The van der Waals surface area contributed by atoms with Crippen LogP contribution in [0, 0.1) is 5.41 Å². The first-order valence-corrected chi connectivity index (χ1v) is 12.0. The first-order chi connectivity index (χ1) is 15.3. The maximum Gasteiger partial charge on any atom is 0.244 e. The molecule has 0 aromatic carbocycles. The maximum atomic E-state index is 12.7. The fourth-order valence-corrected chi connectivity index (χ4v) is 5.64. The lowest BCUT2D eigenvalue weighted by molar-refractivity contribution is -0.129. The van der Waals surface area contributed by atoms with Crippen molar-refractivity contribution in [3.63, 3.8) is 0 Å². The molecule has 2 aromatic rings. The SMILES string of the molecule is CN(C)C(=O)C1CCCN1c1nc2c(c(Nc3cc(C4CCC(C)(C)C4)[nH]n3)n1)CCC2. The summed E-state index contributed by atoms with van der Waals surface area (Å²) >= 11 is 0. The van der Waals surface area contributed by atoms with Gasteiger partial charge in [0, 0.05) is 43.9 Å². The summed E-state index contributed by atoms with van der Waals surface area (Å²) in [5.74, 6) is 2.99. The topological polar surface area (TPSA) is 90.0 Å². The van der Waals surface area contributed by atoms with Gasteiger partial charge in [0.2, 0.25) is 11.9 Å². The molecule has 1 amide bonds. The Hall–Kier alpha value is -2.64. The Kier molecular flexibility index (Phi) is 5.34. The van der Waals surface area contributed by atoms with Crippen molar-refractivity contribution in [2.45, 2.75) is 77.2 Å². The molecule has 2 aliphatic carbocycles. The van der Waals surface area contributed by atoms with Crippen molar-refractivity contribution >= 4 is 23.5 Å². The predicted octanol–water partition coefficient (Wildman–Crippen LogP) is 3.78. The minimum Gasteiger partial charge on any atom is -0.347 e. The van der Waals surface area contributed by atoms with Crippen molar-refractivity contribution in [2.75, 3.05) is 30.9 Å². The summed E-state index contributed by atoms with van der Waals surface area (Å²) in [4.78, 5) is 26.3. The fourth-order valence-electron chi connectivity index (χ4n) is 5.64. The highest BCUT2D eigenvalue weighted by molar-refractivity contribution is 5.85. The molecule has 2 unspecified atom stereocenters. The largest absolute Gasteiger partial charge is 0.347 e. The van der Waals surface area contributed by atoms with E-state index >= 15 is 0 Å². The number of likely N-dealkylation sites (N-methyl/N-ethyl adjacent to an activating group) is 1. The molecule has 8 heteroatoms. The molecular formula is C24H35N7O. The lowest BCUT2D eigenvalue weighted by Crippen LogP contribution is -2.43. The van der Waals surface area contributed by atoms with Crippen LogP contribution < -0.4 is 10.2 Å². The van der Waals surface area contributed by atoms with E-state index in [1.165, 1.54) is 30.5 Å². The van der Waals surface area contributed by atoms with Gasteiger partial charge in [-0.05, 0) is 56.8 Å². The summed E-state index contributed by atoms with van der Waals surface area (Å²) < 4.78 is 0. The highest BCUT2D eigenvalue weighted by Gasteiger charge is 2.35. The Bertz CT molecular complexity index is 1010. The van der Waals surface area contributed by atoms with Crippen molar-refractivity contribution < 1.29 is 4.79 Å². The van der Waals surface area contributed by atoms with E-state index in [-0.39, 0.29) is 11.9 Å². The first kappa shape index (κ1) is 21.2. The molecule has 1 saturated carbocycles. The van der Waals surface area contributed by atoms with Gasteiger partial charge in [0.25, 0.3) is 0 Å². The molecule has 8 nitrogen and oxygen atoms in total. The van der Waals surface area contributed by atoms with Crippen LogP contribution in [0.1, 0.15) is 75.2 Å². The molecule has 0 bridgehead atoms. The van der Waals surface area contributed by atoms with Crippen molar-refractivity contribution in [3.05, 3.63) is 23.0 Å². The minimum atomic E-state index is -0.181. The number of carbonyl (C=O) groups is 1. The van der Waals surface area contributed by atoms with Gasteiger partial charge in [-0.1, -0.05) is 13.8 Å². The molecule has 2 aromatic heterocycles. The maximum absolute atomic E-state index is 12.7. The van der Waals surface area contributed by atoms with Crippen LogP contribution in [0.5, 0.6) is 0 Å². The van der Waals surface area contributed by atoms with E-state index in [1.807, 2.05) is 14.1 Å². The molecule has 5 rings (SSSR count). The van der Waals surface area contributed by atoms with Gasteiger partial charge in [-0.25, -0.2) is 4.98 Å². The van der Waals surface area contributed by atoms with Gasteiger partial charge in [0.15, 0.2) is 5.82 Å². The third-order valence-corrected chi connectivity index (χ3v) is 7.41. The van der Waals surface area contributed by atoms with Gasteiger partial charge in [-0.3, -0.25) is 9.89 Å². The van der Waals surface area contributed by atoms with E-state index in [1.54, 1.807) is 4.90 Å². The zero-order chi connectivity index (χ0) is 22.5. The minimum absolute atomic E-state index is 0.123. The molecule has 172 valence electrons. The summed E-state index contributed by atoms with van der Waals surface area (Å²) in [6.45, 7) is 5.51. The number of fused-ring (bicyclic) bond motifs is 1. The van der Waals surface area contributed by atoms with E-state index in [0.29, 0.717) is 17.3 Å². The molecule has 2 fully saturated rings. The number of rotatable bonds is 5. The van der Waals surface area contributed by atoms with Gasteiger partial charge in [0.05, 0.1) is 5.69 Å². The number of H-pyrrole nitrogens is 1. The van der Waals surface area contributed by atoms with Gasteiger partial charge < -0.3 is 15.1 Å². The Morgan fingerprint density at radius 3 is 2.81 bits per heavy atom. The third kappa shape index (κ3) is 3.95. The molecule has 32 heavy (non-hydrogen) atoms. The van der Waals surface area contributed by atoms with Gasteiger partial charge in [0.1, 0.15) is 11.9 Å². The van der Waals surface area contributed by atoms with Crippen LogP contribution in [-0.4, -0.2) is 57.7 Å². The number of hydrogen-bond donors (Lipinski definition) is 2. The average Bonchev–Trinajstić information content (AvgIpc) is 3.53.